The monoisotopic (exact) mass is 324 g/mol. The fourth-order valence-corrected chi connectivity index (χ4v) is 3.15. The van der Waals surface area contributed by atoms with Gasteiger partial charge < -0.3 is 5.32 Å². The third kappa shape index (κ3) is 2.73. The van der Waals surface area contributed by atoms with Crippen molar-refractivity contribution in [1.82, 2.24) is 4.31 Å². The molecule has 1 heterocycles. The lowest BCUT2D eigenvalue weighted by Crippen LogP contribution is -2.32. The summed E-state index contributed by atoms with van der Waals surface area (Å²) >= 11 is 13.3. The zero-order valence-electron chi connectivity index (χ0n) is 10.3. The molecule has 1 aliphatic heterocycles. The Bertz CT molecular complexity index is 678. The van der Waals surface area contributed by atoms with Crippen molar-refractivity contribution in [3.8, 4) is 0 Å². The van der Waals surface area contributed by atoms with Gasteiger partial charge in [-0.1, -0.05) is 41.4 Å². The third-order valence-electron chi connectivity index (χ3n) is 2.87. The first-order valence-electron chi connectivity index (χ1n) is 5.93. The quantitative estimate of drug-likeness (QED) is 0.784. The first-order chi connectivity index (χ1) is 9.63. The topological polar surface area (TPSA) is 32.3 Å². The Morgan fingerprint density at radius 1 is 1.10 bits per heavy atom. The normalized spacial score (nSPS) is 13.9. The second kappa shape index (κ2) is 5.56. The van der Waals surface area contributed by atoms with Gasteiger partial charge in [0.15, 0.2) is 0 Å². The Morgan fingerprint density at radius 2 is 1.90 bits per heavy atom. The Morgan fingerprint density at radius 3 is 2.70 bits per heavy atom. The minimum absolute atomic E-state index is 0.139. The van der Waals surface area contributed by atoms with E-state index in [1.807, 2.05) is 30.3 Å². The number of carbonyl (C=O) groups is 1. The van der Waals surface area contributed by atoms with Gasteiger partial charge in [0, 0.05) is 0 Å². The second-order valence-electron chi connectivity index (χ2n) is 4.30. The van der Waals surface area contributed by atoms with Crippen LogP contribution in [0.5, 0.6) is 0 Å². The Labute approximate surface area is 131 Å². The number of carbonyl (C=O) groups excluding carboxylic acids is 1. The number of nitrogens with one attached hydrogen (secondary N) is 1. The van der Waals surface area contributed by atoms with Crippen molar-refractivity contribution >= 4 is 46.9 Å². The highest BCUT2D eigenvalue weighted by Crippen LogP contribution is 2.36. The van der Waals surface area contributed by atoms with Crippen molar-refractivity contribution in [3.05, 3.63) is 58.1 Å². The van der Waals surface area contributed by atoms with E-state index in [1.54, 1.807) is 16.4 Å². The van der Waals surface area contributed by atoms with Crippen molar-refractivity contribution < 1.29 is 4.79 Å². The Kier molecular flexibility index (Phi) is 3.78. The second-order valence-corrected chi connectivity index (χ2v) is 6.18. The van der Waals surface area contributed by atoms with E-state index in [-0.39, 0.29) is 6.03 Å². The maximum absolute atomic E-state index is 12.0. The summed E-state index contributed by atoms with van der Waals surface area (Å²) in [6.45, 7) is 0.460. The third-order valence-corrected chi connectivity index (χ3v) is 4.68. The van der Waals surface area contributed by atoms with Crippen molar-refractivity contribution in [3.63, 3.8) is 0 Å². The van der Waals surface area contributed by atoms with Gasteiger partial charge in [-0.25, -0.2) is 4.79 Å². The number of hydrogen-bond acceptors (Lipinski definition) is 2. The fraction of sp³-hybridized carbons (Fsp3) is 0.0714. The number of nitrogens with zero attached hydrogens (tertiary/aromatic N) is 1. The predicted octanol–water partition coefficient (Wildman–Crippen LogP) is 5.05. The van der Waals surface area contributed by atoms with Crippen molar-refractivity contribution in [1.29, 1.82) is 0 Å². The van der Waals surface area contributed by atoms with Crippen molar-refractivity contribution in [2.24, 2.45) is 0 Å². The summed E-state index contributed by atoms with van der Waals surface area (Å²) in [5.74, 6) is 0. The lowest BCUT2D eigenvalue weighted by molar-refractivity contribution is 0.237. The molecule has 0 atom stereocenters. The molecule has 0 radical (unpaired) electrons. The smallest absolute Gasteiger partial charge is 0.306 e. The number of halogens is 2. The van der Waals surface area contributed by atoms with Crippen LogP contribution in [-0.2, 0) is 6.54 Å². The van der Waals surface area contributed by atoms with E-state index in [1.165, 1.54) is 11.9 Å². The molecular formula is C14H10Cl2N2OS. The molecule has 0 bridgehead atoms. The summed E-state index contributed by atoms with van der Waals surface area (Å²) in [7, 11) is 0. The SMILES string of the molecule is O=C1Nc2ccccc2SN1Cc1ccc(Cl)c(Cl)c1. The summed E-state index contributed by atoms with van der Waals surface area (Å²) in [6.07, 6.45) is 0. The van der Waals surface area contributed by atoms with Crippen molar-refractivity contribution in [2.45, 2.75) is 11.4 Å². The molecule has 20 heavy (non-hydrogen) atoms. The molecule has 1 aliphatic rings. The molecule has 102 valence electrons. The molecule has 0 spiro atoms. The number of fused-ring (bicyclic) bond motifs is 1. The van der Waals surface area contributed by atoms with Gasteiger partial charge in [-0.3, -0.25) is 4.31 Å². The lowest BCUT2D eigenvalue weighted by atomic mass is 10.2. The van der Waals surface area contributed by atoms with E-state index in [2.05, 4.69) is 5.32 Å². The number of hydrogen-bond donors (Lipinski definition) is 1. The molecule has 3 nitrogen and oxygen atoms in total. The molecule has 1 N–H and O–H groups in total. The molecule has 0 aliphatic carbocycles. The van der Waals surface area contributed by atoms with Gasteiger partial charge in [0.2, 0.25) is 0 Å². The maximum Gasteiger partial charge on any atom is 0.332 e. The minimum atomic E-state index is -0.139. The Hall–Kier alpha value is -1.36. The van der Waals surface area contributed by atoms with Gasteiger partial charge in [-0.15, -0.1) is 0 Å². The van der Waals surface area contributed by atoms with E-state index < -0.39 is 0 Å². The summed E-state index contributed by atoms with van der Waals surface area (Å²) in [5, 5.41) is 3.87. The zero-order chi connectivity index (χ0) is 14.1. The van der Waals surface area contributed by atoms with Gasteiger partial charge >= 0.3 is 6.03 Å². The van der Waals surface area contributed by atoms with Crippen LogP contribution in [-0.4, -0.2) is 10.3 Å². The average molecular weight is 325 g/mol. The first kappa shape index (κ1) is 13.6. The molecule has 0 unspecified atom stereocenters. The van der Waals surface area contributed by atoms with E-state index in [0.717, 1.165) is 16.1 Å². The number of benzene rings is 2. The van der Waals surface area contributed by atoms with E-state index in [9.17, 15) is 4.79 Å². The van der Waals surface area contributed by atoms with Crippen LogP contribution in [0.25, 0.3) is 0 Å². The summed E-state index contributed by atoms with van der Waals surface area (Å²) in [5.41, 5.74) is 1.77. The van der Waals surface area contributed by atoms with Crippen LogP contribution >= 0.6 is 35.1 Å². The van der Waals surface area contributed by atoms with Gasteiger partial charge in [-0.05, 0) is 41.8 Å². The van der Waals surface area contributed by atoms with E-state index >= 15 is 0 Å². The summed E-state index contributed by atoms with van der Waals surface area (Å²) in [4.78, 5) is 13.1. The number of urea groups is 1. The first-order valence-corrected chi connectivity index (χ1v) is 7.46. The van der Waals surface area contributed by atoms with Crippen LogP contribution in [0.3, 0.4) is 0 Å². The number of amides is 2. The van der Waals surface area contributed by atoms with Crippen LogP contribution in [0.15, 0.2) is 47.4 Å². The Balaban J connectivity index is 1.81. The lowest BCUT2D eigenvalue weighted by Gasteiger charge is -2.27. The molecule has 2 aromatic rings. The van der Waals surface area contributed by atoms with E-state index in [0.29, 0.717) is 16.6 Å². The molecule has 0 saturated heterocycles. The molecular weight excluding hydrogens is 315 g/mol. The average Bonchev–Trinajstić information content (AvgIpc) is 2.44. The van der Waals surface area contributed by atoms with Crippen LogP contribution < -0.4 is 5.32 Å². The van der Waals surface area contributed by atoms with Crippen LogP contribution in [0.4, 0.5) is 10.5 Å². The maximum atomic E-state index is 12.0. The fourth-order valence-electron chi connectivity index (χ4n) is 1.90. The van der Waals surface area contributed by atoms with Crippen LogP contribution in [0.1, 0.15) is 5.56 Å². The standard InChI is InChI=1S/C14H10Cl2N2OS/c15-10-6-5-9(7-11(10)16)8-18-14(19)17-12-3-1-2-4-13(12)20-18/h1-7H,8H2,(H,17,19). The number of para-hydroxylation sites is 1. The molecule has 2 aromatic carbocycles. The highest BCUT2D eigenvalue weighted by atomic mass is 35.5. The van der Waals surface area contributed by atoms with Gasteiger partial charge in [0.1, 0.15) is 0 Å². The molecule has 0 fully saturated rings. The van der Waals surface area contributed by atoms with E-state index in [4.69, 9.17) is 23.2 Å². The predicted molar refractivity (Wildman–Crippen MR) is 83.3 cm³/mol. The molecule has 3 rings (SSSR count). The van der Waals surface area contributed by atoms with Crippen molar-refractivity contribution in [2.75, 3.05) is 5.32 Å². The molecule has 0 saturated carbocycles. The highest BCUT2D eigenvalue weighted by molar-refractivity contribution is 7.97. The zero-order valence-corrected chi connectivity index (χ0v) is 12.6. The number of anilines is 1. The molecule has 0 aromatic heterocycles. The van der Waals surface area contributed by atoms with Crippen LogP contribution in [0, 0.1) is 0 Å². The van der Waals surface area contributed by atoms with Crippen LogP contribution in [0.2, 0.25) is 10.0 Å². The molecule has 2 amide bonds. The minimum Gasteiger partial charge on any atom is -0.306 e. The van der Waals surface area contributed by atoms with Gasteiger partial charge in [0.25, 0.3) is 0 Å². The van der Waals surface area contributed by atoms with Gasteiger partial charge in [0.05, 0.1) is 27.2 Å². The largest absolute Gasteiger partial charge is 0.332 e. The molecule has 6 heteroatoms. The number of rotatable bonds is 2. The highest BCUT2D eigenvalue weighted by Gasteiger charge is 2.23. The summed E-state index contributed by atoms with van der Waals surface area (Å²) < 4.78 is 1.65. The summed E-state index contributed by atoms with van der Waals surface area (Å²) in [6, 6.07) is 12.9. The van der Waals surface area contributed by atoms with Gasteiger partial charge in [-0.2, -0.15) is 0 Å².